The molecule has 3 aromatic rings. The molecule has 31 heavy (non-hydrogen) atoms. The van der Waals surface area contributed by atoms with E-state index in [0.717, 1.165) is 32.5 Å². The fourth-order valence-corrected chi connectivity index (χ4v) is 4.80. The topological polar surface area (TPSA) is 70.2 Å². The van der Waals surface area contributed by atoms with Crippen LogP contribution in [0.25, 0.3) is 22.4 Å². The first kappa shape index (κ1) is 20.3. The molecule has 2 aromatic carbocycles. The van der Waals surface area contributed by atoms with Crippen LogP contribution >= 0.6 is 11.6 Å². The van der Waals surface area contributed by atoms with Crippen molar-refractivity contribution in [1.82, 2.24) is 20.2 Å². The molecule has 0 spiro atoms. The van der Waals surface area contributed by atoms with E-state index >= 15 is 0 Å². The molecule has 4 heterocycles. The standard InChI is InChI=1S/C23H24ClFN4O2/c1-2-31-21-9-14(23(30)28-20-12-29-7-5-13(20)6-8-29)3-4-15(21)22-26-18-10-16(24)17(25)11-19(18)27-22/h3-4,9-11,13,20H,2,5-8,12H2,1H3,(H,26,27)(H,28,30). The number of halogens is 2. The van der Waals surface area contributed by atoms with Crippen LogP contribution in [0.1, 0.15) is 30.1 Å². The van der Waals surface area contributed by atoms with E-state index in [-0.39, 0.29) is 17.0 Å². The number of aromatic nitrogens is 2. The number of nitrogens with one attached hydrogen (secondary N) is 2. The van der Waals surface area contributed by atoms with E-state index in [9.17, 15) is 9.18 Å². The summed E-state index contributed by atoms with van der Waals surface area (Å²) in [5.74, 6) is 1.04. The number of fused-ring (bicyclic) bond motifs is 4. The van der Waals surface area contributed by atoms with Gasteiger partial charge in [-0.2, -0.15) is 0 Å². The minimum absolute atomic E-state index is 0.0235. The monoisotopic (exact) mass is 442 g/mol. The Balaban J connectivity index is 1.43. The van der Waals surface area contributed by atoms with Crippen molar-refractivity contribution in [2.45, 2.75) is 25.8 Å². The van der Waals surface area contributed by atoms with Crippen LogP contribution in [-0.2, 0) is 0 Å². The van der Waals surface area contributed by atoms with Gasteiger partial charge in [0.15, 0.2) is 0 Å². The lowest BCUT2D eigenvalue weighted by Gasteiger charge is -2.44. The van der Waals surface area contributed by atoms with Crippen LogP contribution in [0.3, 0.4) is 0 Å². The lowest BCUT2D eigenvalue weighted by atomic mass is 9.84. The van der Waals surface area contributed by atoms with Gasteiger partial charge in [0, 0.05) is 24.2 Å². The fourth-order valence-electron chi connectivity index (χ4n) is 4.65. The molecule has 6 nitrogen and oxygen atoms in total. The van der Waals surface area contributed by atoms with Crippen molar-refractivity contribution in [2.75, 3.05) is 26.2 Å². The van der Waals surface area contributed by atoms with Crippen LogP contribution in [-0.4, -0.2) is 53.1 Å². The van der Waals surface area contributed by atoms with Gasteiger partial charge in [0.2, 0.25) is 0 Å². The molecule has 0 saturated carbocycles. The van der Waals surface area contributed by atoms with Crippen LogP contribution in [0.2, 0.25) is 5.02 Å². The fraction of sp³-hybridized carbons (Fsp3) is 0.391. The average Bonchev–Trinajstić information content (AvgIpc) is 3.17. The number of ether oxygens (including phenoxy) is 1. The first-order valence-corrected chi connectivity index (χ1v) is 11.0. The molecule has 3 fully saturated rings. The number of H-pyrrole nitrogens is 1. The number of aromatic amines is 1. The van der Waals surface area contributed by atoms with Crippen molar-refractivity contribution in [3.8, 4) is 17.1 Å². The Morgan fingerprint density at radius 2 is 2.13 bits per heavy atom. The van der Waals surface area contributed by atoms with Crippen LogP contribution in [0, 0.1) is 11.7 Å². The summed E-state index contributed by atoms with van der Waals surface area (Å²) < 4.78 is 19.6. The lowest BCUT2D eigenvalue weighted by Crippen LogP contribution is -2.57. The molecule has 6 rings (SSSR count). The number of carbonyl (C=O) groups excluding carboxylic acids is 1. The third kappa shape index (κ3) is 3.88. The first-order valence-electron chi connectivity index (χ1n) is 10.7. The molecule has 2 bridgehead atoms. The van der Waals surface area contributed by atoms with E-state index in [1.165, 1.54) is 12.1 Å². The summed E-state index contributed by atoms with van der Waals surface area (Å²) in [6.07, 6.45) is 2.29. The highest BCUT2D eigenvalue weighted by atomic mass is 35.5. The summed E-state index contributed by atoms with van der Waals surface area (Å²) in [7, 11) is 0. The second-order valence-corrected chi connectivity index (χ2v) is 8.64. The van der Waals surface area contributed by atoms with Gasteiger partial charge >= 0.3 is 0 Å². The van der Waals surface area contributed by atoms with Gasteiger partial charge in [-0.1, -0.05) is 11.6 Å². The van der Waals surface area contributed by atoms with Crippen LogP contribution in [0.15, 0.2) is 30.3 Å². The van der Waals surface area contributed by atoms with Gasteiger partial charge in [-0.25, -0.2) is 9.37 Å². The van der Waals surface area contributed by atoms with Crippen LogP contribution in [0.5, 0.6) is 5.75 Å². The number of imidazole rings is 1. The summed E-state index contributed by atoms with van der Waals surface area (Å²) in [5, 5.41) is 3.24. The SMILES string of the molecule is CCOc1cc(C(=O)NC2CN3CCC2CC3)ccc1-c1nc2cc(Cl)c(F)cc2[nH]1. The van der Waals surface area contributed by atoms with Crippen molar-refractivity contribution < 1.29 is 13.9 Å². The highest BCUT2D eigenvalue weighted by Gasteiger charge is 2.35. The van der Waals surface area contributed by atoms with E-state index in [1.807, 2.05) is 13.0 Å². The largest absolute Gasteiger partial charge is 0.493 e. The Hall–Kier alpha value is -2.64. The quantitative estimate of drug-likeness (QED) is 0.620. The van der Waals surface area contributed by atoms with Crippen molar-refractivity contribution in [2.24, 2.45) is 5.92 Å². The molecular weight excluding hydrogens is 419 g/mol. The van der Waals surface area contributed by atoms with E-state index < -0.39 is 5.82 Å². The van der Waals surface area contributed by atoms with Crippen LogP contribution in [0.4, 0.5) is 4.39 Å². The number of hydrogen-bond donors (Lipinski definition) is 2. The normalized spacial score (nSPS) is 22.6. The molecule has 1 amide bonds. The molecular formula is C23H24ClFN4O2. The zero-order valence-electron chi connectivity index (χ0n) is 17.3. The van der Waals surface area contributed by atoms with Gasteiger partial charge < -0.3 is 19.9 Å². The molecule has 2 N–H and O–H groups in total. The number of nitrogens with zero attached hydrogens (tertiary/aromatic N) is 2. The Morgan fingerprint density at radius 1 is 1.32 bits per heavy atom. The van der Waals surface area contributed by atoms with Gasteiger partial charge in [-0.05, 0) is 63.0 Å². The summed E-state index contributed by atoms with van der Waals surface area (Å²) in [6, 6.07) is 8.34. The first-order chi connectivity index (χ1) is 15.0. The summed E-state index contributed by atoms with van der Waals surface area (Å²) in [6.45, 7) is 5.51. The van der Waals surface area contributed by atoms with Gasteiger partial charge in [-0.15, -0.1) is 0 Å². The number of rotatable bonds is 5. The number of benzene rings is 2. The van der Waals surface area contributed by atoms with Gasteiger partial charge in [0.25, 0.3) is 5.91 Å². The maximum Gasteiger partial charge on any atom is 0.251 e. The minimum Gasteiger partial charge on any atom is -0.493 e. The molecule has 3 saturated heterocycles. The van der Waals surface area contributed by atoms with Crippen molar-refractivity contribution in [3.63, 3.8) is 0 Å². The predicted molar refractivity (Wildman–Crippen MR) is 118 cm³/mol. The number of carbonyl (C=O) groups is 1. The minimum atomic E-state index is -0.505. The van der Waals surface area contributed by atoms with Crippen molar-refractivity contribution >= 4 is 28.5 Å². The average molecular weight is 443 g/mol. The highest BCUT2D eigenvalue weighted by molar-refractivity contribution is 6.31. The summed E-state index contributed by atoms with van der Waals surface area (Å²) in [4.78, 5) is 23.0. The molecule has 8 heteroatoms. The third-order valence-corrected chi connectivity index (χ3v) is 6.59. The molecule has 1 unspecified atom stereocenters. The van der Waals surface area contributed by atoms with Gasteiger partial charge in [0.1, 0.15) is 17.4 Å². The molecule has 0 radical (unpaired) electrons. The van der Waals surface area contributed by atoms with Crippen molar-refractivity contribution in [1.29, 1.82) is 0 Å². The predicted octanol–water partition coefficient (Wildman–Crippen LogP) is 4.25. The second kappa shape index (κ2) is 8.13. The van der Waals surface area contributed by atoms with Crippen LogP contribution < -0.4 is 10.1 Å². The van der Waals surface area contributed by atoms with E-state index in [1.54, 1.807) is 12.1 Å². The van der Waals surface area contributed by atoms with E-state index in [2.05, 4.69) is 20.2 Å². The zero-order valence-corrected chi connectivity index (χ0v) is 18.0. The number of hydrogen-bond acceptors (Lipinski definition) is 4. The lowest BCUT2D eigenvalue weighted by molar-refractivity contribution is 0.0620. The summed E-state index contributed by atoms with van der Waals surface area (Å²) in [5.41, 5.74) is 2.36. The zero-order chi connectivity index (χ0) is 21.5. The molecule has 0 aliphatic carbocycles. The smallest absolute Gasteiger partial charge is 0.251 e. The molecule has 3 aliphatic heterocycles. The van der Waals surface area contributed by atoms with E-state index in [0.29, 0.717) is 46.3 Å². The Morgan fingerprint density at radius 3 is 2.84 bits per heavy atom. The van der Waals surface area contributed by atoms with Gasteiger partial charge in [-0.3, -0.25) is 4.79 Å². The number of piperidine rings is 3. The van der Waals surface area contributed by atoms with E-state index in [4.69, 9.17) is 16.3 Å². The van der Waals surface area contributed by atoms with Crippen molar-refractivity contribution in [3.05, 3.63) is 46.7 Å². The summed E-state index contributed by atoms with van der Waals surface area (Å²) >= 11 is 5.88. The molecule has 3 aliphatic rings. The Labute approximate surface area is 184 Å². The second-order valence-electron chi connectivity index (χ2n) is 8.23. The molecule has 1 atom stereocenters. The third-order valence-electron chi connectivity index (χ3n) is 6.30. The molecule has 1 aromatic heterocycles. The highest BCUT2D eigenvalue weighted by Crippen LogP contribution is 2.33. The Kier molecular flexibility index (Phi) is 5.32. The number of amides is 1. The molecule has 162 valence electrons. The maximum absolute atomic E-state index is 13.8. The maximum atomic E-state index is 13.8. The van der Waals surface area contributed by atoms with Gasteiger partial charge in [0.05, 0.1) is 28.2 Å². The Bertz CT molecular complexity index is 1100.